The van der Waals surface area contributed by atoms with Crippen molar-refractivity contribution >= 4 is 33.4 Å². The molecule has 0 saturated heterocycles. The van der Waals surface area contributed by atoms with E-state index in [2.05, 4.69) is 21.7 Å². The van der Waals surface area contributed by atoms with E-state index in [9.17, 15) is 4.79 Å². The quantitative estimate of drug-likeness (QED) is 0.383. The molecule has 0 radical (unpaired) electrons. The molecule has 1 unspecified atom stereocenters. The molecule has 0 aliphatic carbocycles. The summed E-state index contributed by atoms with van der Waals surface area (Å²) in [5, 5.41) is 2.35. The molecular formula is C24H14ClN3O. The Morgan fingerprint density at radius 1 is 0.862 bits per heavy atom. The number of pyridine rings is 1. The standard InChI is InChI=1S/C24H14ClN3O/c25-16-11-9-14(10-12-16)22-18-13-15-5-1-3-7-19(15)26-21(18)23-27-24(29)17-6-2-4-8-20(17)28(22)23/h1-13,22H. The predicted octanol–water partition coefficient (Wildman–Crippen LogP) is 5.22. The molecule has 3 heterocycles. The maximum absolute atomic E-state index is 12.7. The molecule has 4 nitrogen and oxygen atoms in total. The van der Waals surface area contributed by atoms with Crippen molar-refractivity contribution in [2.45, 2.75) is 6.04 Å². The number of nitrogens with zero attached hydrogens (tertiary/aromatic N) is 3. The molecule has 5 heteroatoms. The predicted molar refractivity (Wildman–Crippen MR) is 115 cm³/mol. The normalized spacial score (nSPS) is 14.9. The van der Waals surface area contributed by atoms with Gasteiger partial charge in [0, 0.05) is 16.0 Å². The zero-order chi connectivity index (χ0) is 19.5. The fourth-order valence-electron chi connectivity index (χ4n) is 4.25. The van der Waals surface area contributed by atoms with Crippen LogP contribution in [0.15, 0.2) is 83.7 Å². The third-order valence-electron chi connectivity index (χ3n) is 5.53. The molecule has 0 spiro atoms. The fourth-order valence-corrected chi connectivity index (χ4v) is 4.38. The van der Waals surface area contributed by atoms with E-state index in [4.69, 9.17) is 16.6 Å². The number of halogens is 1. The Kier molecular flexibility index (Phi) is 3.40. The number of fused-ring (bicyclic) bond motifs is 6. The van der Waals surface area contributed by atoms with E-state index >= 15 is 0 Å². The van der Waals surface area contributed by atoms with Gasteiger partial charge in [-0.25, -0.2) is 4.98 Å². The van der Waals surface area contributed by atoms with Crippen LogP contribution in [-0.2, 0) is 0 Å². The van der Waals surface area contributed by atoms with Gasteiger partial charge in [-0.15, -0.1) is 0 Å². The van der Waals surface area contributed by atoms with Crippen LogP contribution in [0.5, 0.6) is 0 Å². The van der Waals surface area contributed by atoms with Gasteiger partial charge < -0.3 is 4.57 Å². The maximum Gasteiger partial charge on any atom is 0.281 e. The SMILES string of the molecule is O=c1nc2n(c3ccccc13)C(c1ccc(Cl)cc1)c1cc3ccccc3nc1-2. The monoisotopic (exact) mass is 395 g/mol. The van der Waals surface area contributed by atoms with E-state index < -0.39 is 0 Å². The zero-order valence-corrected chi connectivity index (χ0v) is 16.0. The topological polar surface area (TPSA) is 47.8 Å². The van der Waals surface area contributed by atoms with E-state index in [-0.39, 0.29) is 11.6 Å². The molecule has 1 aliphatic heterocycles. The van der Waals surface area contributed by atoms with Crippen molar-refractivity contribution in [3.05, 3.63) is 105 Å². The van der Waals surface area contributed by atoms with Gasteiger partial charge >= 0.3 is 0 Å². The van der Waals surface area contributed by atoms with Crippen LogP contribution < -0.4 is 5.56 Å². The third kappa shape index (κ3) is 2.36. The molecule has 0 N–H and O–H groups in total. The van der Waals surface area contributed by atoms with Crippen LogP contribution in [0.3, 0.4) is 0 Å². The Morgan fingerprint density at radius 3 is 2.48 bits per heavy atom. The number of benzene rings is 3. The van der Waals surface area contributed by atoms with Crippen LogP contribution in [0.4, 0.5) is 0 Å². The Bertz CT molecular complexity index is 1490. The van der Waals surface area contributed by atoms with Gasteiger partial charge in [-0.1, -0.05) is 54.1 Å². The zero-order valence-electron chi connectivity index (χ0n) is 15.2. The number of hydrogen-bond acceptors (Lipinski definition) is 3. The summed E-state index contributed by atoms with van der Waals surface area (Å²) in [6, 6.07) is 25.5. The van der Waals surface area contributed by atoms with E-state index in [1.807, 2.05) is 66.7 Å². The highest BCUT2D eigenvalue weighted by Crippen LogP contribution is 2.43. The van der Waals surface area contributed by atoms with Crippen LogP contribution in [0.1, 0.15) is 17.2 Å². The molecule has 0 saturated carbocycles. The Balaban J connectivity index is 1.77. The molecule has 29 heavy (non-hydrogen) atoms. The molecule has 0 bridgehead atoms. The van der Waals surface area contributed by atoms with Gasteiger partial charge in [-0.05, 0) is 42.0 Å². The van der Waals surface area contributed by atoms with Crippen LogP contribution in [0.25, 0.3) is 33.3 Å². The van der Waals surface area contributed by atoms with Gasteiger partial charge in [0.1, 0.15) is 5.69 Å². The Labute approximate surface area is 171 Å². The number of para-hydroxylation sites is 2. The summed E-state index contributed by atoms with van der Waals surface area (Å²) in [7, 11) is 0. The Hall–Kier alpha value is -3.50. The highest BCUT2D eigenvalue weighted by Gasteiger charge is 2.33. The molecule has 3 aromatic carbocycles. The summed E-state index contributed by atoms with van der Waals surface area (Å²) in [5.74, 6) is 0.606. The average molecular weight is 396 g/mol. The van der Waals surface area contributed by atoms with Gasteiger partial charge in [0.15, 0.2) is 5.82 Å². The van der Waals surface area contributed by atoms with E-state index in [1.54, 1.807) is 0 Å². The van der Waals surface area contributed by atoms with Gasteiger partial charge in [0.2, 0.25) is 0 Å². The highest BCUT2D eigenvalue weighted by atomic mass is 35.5. The first kappa shape index (κ1) is 16.5. The van der Waals surface area contributed by atoms with Gasteiger partial charge in [0.05, 0.1) is 22.5 Å². The molecule has 0 amide bonds. The summed E-state index contributed by atoms with van der Waals surface area (Å²) in [6.45, 7) is 0. The minimum atomic E-state index is -0.232. The first-order chi connectivity index (χ1) is 14.2. The summed E-state index contributed by atoms with van der Waals surface area (Å²) in [4.78, 5) is 22.1. The summed E-state index contributed by atoms with van der Waals surface area (Å²) in [6.07, 6.45) is 0. The van der Waals surface area contributed by atoms with Crippen molar-refractivity contribution < 1.29 is 0 Å². The van der Waals surface area contributed by atoms with Crippen molar-refractivity contribution in [1.82, 2.24) is 14.5 Å². The maximum atomic E-state index is 12.7. The molecule has 138 valence electrons. The first-order valence-corrected chi connectivity index (χ1v) is 9.75. The lowest BCUT2D eigenvalue weighted by Crippen LogP contribution is -2.16. The van der Waals surface area contributed by atoms with E-state index in [1.165, 1.54) is 0 Å². The lowest BCUT2D eigenvalue weighted by atomic mass is 9.98. The second-order valence-corrected chi connectivity index (χ2v) is 7.64. The number of hydrogen-bond donors (Lipinski definition) is 0. The lowest BCUT2D eigenvalue weighted by molar-refractivity contribution is 0.726. The summed E-state index contributed by atoms with van der Waals surface area (Å²) in [5.41, 5.74) is 4.37. The lowest BCUT2D eigenvalue weighted by Gasteiger charge is -2.19. The van der Waals surface area contributed by atoms with Gasteiger partial charge in [-0.3, -0.25) is 4.79 Å². The Morgan fingerprint density at radius 2 is 1.62 bits per heavy atom. The number of rotatable bonds is 1. The third-order valence-corrected chi connectivity index (χ3v) is 5.79. The van der Waals surface area contributed by atoms with Crippen molar-refractivity contribution in [1.29, 1.82) is 0 Å². The van der Waals surface area contributed by atoms with Crippen LogP contribution in [0, 0.1) is 0 Å². The molecular weight excluding hydrogens is 382 g/mol. The molecule has 2 aromatic heterocycles. The largest absolute Gasteiger partial charge is 0.312 e. The minimum absolute atomic E-state index is 0.132. The van der Waals surface area contributed by atoms with Crippen LogP contribution in [0.2, 0.25) is 5.02 Å². The first-order valence-electron chi connectivity index (χ1n) is 9.37. The second-order valence-electron chi connectivity index (χ2n) is 7.20. The van der Waals surface area contributed by atoms with Gasteiger partial charge in [0.25, 0.3) is 5.56 Å². The van der Waals surface area contributed by atoms with E-state index in [0.717, 1.165) is 33.2 Å². The fraction of sp³-hybridized carbons (Fsp3) is 0.0417. The van der Waals surface area contributed by atoms with Crippen molar-refractivity contribution in [2.75, 3.05) is 0 Å². The van der Waals surface area contributed by atoms with Crippen LogP contribution >= 0.6 is 11.6 Å². The molecule has 1 aliphatic rings. The van der Waals surface area contributed by atoms with Crippen molar-refractivity contribution in [3.63, 3.8) is 0 Å². The second kappa shape index (κ2) is 6.00. The summed E-state index contributed by atoms with van der Waals surface area (Å²) >= 11 is 6.14. The highest BCUT2D eigenvalue weighted by molar-refractivity contribution is 6.30. The minimum Gasteiger partial charge on any atom is -0.312 e. The smallest absolute Gasteiger partial charge is 0.281 e. The summed E-state index contributed by atoms with van der Waals surface area (Å²) < 4.78 is 2.12. The van der Waals surface area contributed by atoms with Gasteiger partial charge in [-0.2, -0.15) is 4.98 Å². The molecule has 6 rings (SSSR count). The average Bonchev–Trinajstić information content (AvgIpc) is 3.06. The molecule has 1 atom stereocenters. The molecule has 5 aromatic rings. The van der Waals surface area contributed by atoms with Crippen molar-refractivity contribution in [3.8, 4) is 11.5 Å². The van der Waals surface area contributed by atoms with Crippen molar-refractivity contribution in [2.24, 2.45) is 0 Å². The molecule has 0 fully saturated rings. The van der Waals surface area contributed by atoms with E-state index in [0.29, 0.717) is 16.2 Å². The van der Waals surface area contributed by atoms with Crippen LogP contribution in [-0.4, -0.2) is 14.5 Å². The number of aromatic nitrogens is 3.